The Morgan fingerprint density at radius 2 is 1.95 bits per heavy atom. The number of nitrogens with zero attached hydrogens (tertiary/aromatic N) is 3. The lowest BCUT2D eigenvalue weighted by Crippen LogP contribution is -2.49. The first kappa shape index (κ1) is 24.1. The van der Waals surface area contributed by atoms with Crippen LogP contribution >= 0.6 is 0 Å². The Kier molecular flexibility index (Phi) is 5.31. The van der Waals surface area contributed by atoms with Crippen LogP contribution in [0.5, 0.6) is 5.88 Å². The van der Waals surface area contributed by atoms with Crippen molar-refractivity contribution >= 4 is 39.9 Å². The largest absolute Gasteiger partial charge is 0.475 e. The SMILES string of the molecule is [C-]#[N+]c1ccc(N2C(=O)[C@@H]3[C@H](C2=O)C2(C)OC3(CCOc3nocc3C(=O)OC)C[C@H]2O)c2ccccc12. The van der Waals surface area contributed by atoms with Crippen LogP contribution in [0.4, 0.5) is 11.4 Å². The van der Waals surface area contributed by atoms with Crippen molar-refractivity contribution in [1.82, 2.24) is 5.16 Å². The number of ether oxygens (including phenoxy) is 3. The van der Waals surface area contributed by atoms with Crippen molar-refractivity contribution in [3.63, 3.8) is 0 Å². The van der Waals surface area contributed by atoms with E-state index in [1.54, 1.807) is 43.3 Å². The van der Waals surface area contributed by atoms with Crippen LogP contribution in [0.1, 0.15) is 30.1 Å². The van der Waals surface area contributed by atoms with Gasteiger partial charge in [0.15, 0.2) is 11.3 Å². The van der Waals surface area contributed by atoms with Gasteiger partial charge in [0.1, 0.15) is 11.9 Å². The lowest BCUT2D eigenvalue weighted by atomic mass is 9.66. The number of hydrogen-bond acceptors (Lipinski definition) is 9. The van der Waals surface area contributed by atoms with E-state index in [0.717, 1.165) is 6.26 Å². The summed E-state index contributed by atoms with van der Waals surface area (Å²) in [5.41, 5.74) is -1.60. The Bertz CT molecular complexity index is 1540. The fraction of sp³-hybridized carbons (Fsp3) is 0.370. The summed E-state index contributed by atoms with van der Waals surface area (Å²) in [6.45, 7) is 9.11. The second kappa shape index (κ2) is 8.37. The third kappa shape index (κ3) is 3.14. The van der Waals surface area contributed by atoms with E-state index in [-0.39, 0.29) is 30.9 Å². The predicted molar refractivity (Wildman–Crippen MR) is 130 cm³/mol. The third-order valence-corrected chi connectivity index (χ3v) is 8.06. The number of fused-ring (bicyclic) bond motifs is 6. The van der Waals surface area contributed by atoms with E-state index >= 15 is 0 Å². The van der Waals surface area contributed by atoms with E-state index < -0.39 is 46.9 Å². The van der Waals surface area contributed by atoms with Crippen molar-refractivity contribution in [3.05, 3.63) is 59.6 Å². The first-order valence-electron chi connectivity index (χ1n) is 12.1. The molecule has 1 N–H and O–H groups in total. The van der Waals surface area contributed by atoms with Gasteiger partial charge < -0.3 is 23.8 Å². The molecule has 3 fully saturated rings. The van der Waals surface area contributed by atoms with E-state index in [4.69, 9.17) is 25.3 Å². The average molecular weight is 517 g/mol. The molecule has 3 saturated heterocycles. The van der Waals surface area contributed by atoms with Gasteiger partial charge in [0.25, 0.3) is 5.88 Å². The van der Waals surface area contributed by atoms with Crippen LogP contribution in [0, 0.1) is 18.4 Å². The Balaban J connectivity index is 1.34. The highest BCUT2D eigenvalue weighted by molar-refractivity contribution is 6.26. The van der Waals surface area contributed by atoms with Crippen LogP contribution < -0.4 is 9.64 Å². The Morgan fingerprint density at radius 3 is 2.68 bits per heavy atom. The number of carbonyl (C=O) groups excluding carboxylic acids is 3. The number of aromatic nitrogens is 1. The van der Waals surface area contributed by atoms with E-state index in [1.807, 2.05) is 0 Å². The van der Waals surface area contributed by atoms with Gasteiger partial charge in [-0.3, -0.25) is 9.59 Å². The molecule has 0 aliphatic carbocycles. The first-order chi connectivity index (χ1) is 18.3. The summed E-state index contributed by atoms with van der Waals surface area (Å²) >= 11 is 0. The smallest absolute Gasteiger partial charge is 0.346 e. The first-order valence-corrected chi connectivity index (χ1v) is 12.1. The summed E-state index contributed by atoms with van der Waals surface area (Å²) in [5.74, 6) is -3.35. The molecule has 0 spiro atoms. The molecule has 11 nitrogen and oxygen atoms in total. The lowest BCUT2D eigenvalue weighted by Gasteiger charge is -2.33. The number of imide groups is 1. The zero-order chi connectivity index (χ0) is 26.8. The fourth-order valence-corrected chi connectivity index (χ4v) is 6.32. The van der Waals surface area contributed by atoms with Crippen LogP contribution in [0.2, 0.25) is 0 Å². The van der Waals surface area contributed by atoms with Crippen molar-refractivity contribution in [2.75, 3.05) is 18.6 Å². The summed E-state index contributed by atoms with van der Waals surface area (Å²) < 4.78 is 21.5. The molecule has 3 aromatic rings. The maximum Gasteiger partial charge on any atom is 0.346 e. The molecule has 0 radical (unpaired) electrons. The van der Waals surface area contributed by atoms with Crippen LogP contribution in [0.3, 0.4) is 0 Å². The molecule has 2 unspecified atom stereocenters. The summed E-state index contributed by atoms with van der Waals surface area (Å²) in [7, 11) is 1.22. The van der Waals surface area contributed by atoms with Gasteiger partial charge >= 0.3 is 5.97 Å². The van der Waals surface area contributed by atoms with Gasteiger partial charge in [-0.05, 0) is 28.9 Å². The van der Waals surface area contributed by atoms with Gasteiger partial charge in [0.2, 0.25) is 11.8 Å². The molecule has 2 amide bonds. The van der Waals surface area contributed by atoms with Gasteiger partial charge in [-0.15, -0.1) is 0 Å². The van der Waals surface area contributed by atoms with Crippen molar-refractivity contribution in [2.45, 2.75) is 37.1 Å². The third-order valence-electron chi connectivity index (χ3n) is 8.06. The maximum atomic E-state index is 14.0. The van der Waals surface area contributed by atoms with E-state index in [1.165, 1.54) is 12.0 Å². The topological polar surface area (TPSA) is 133 Å². The molecule has 3 aliphatic rings. The molecule has 5 atom stereocenters. The predicted octanol–water partition coefficient (Wildman–Crippen LogP) is 3.03. The molecule has 2 aromatic carbocycles. The van der Waals surface area contributed by atoms with Crippen molar-refractivity contribution < 1.29 is 38.2 Å². The van der Waals surface area contributed by atoms with Crippen LogP contribution in [0.15, 0.2) is 47.2 Å². The molecule has 3 aliphatic heterocycles. The minimum atomic E-state index is -1.26. The van der Waals surface area contributed by atoms with Crippen LogP contribution in [-0.4, -0.2) is 59.1 Å². The van der Waals surface area contributed by atoms with Crippen LogP contribution in [-0.2, 0) is 19.1 Å². The summed E-state index contributed by atoms with van der Waals surface area (Å²) in [6, 6.07) is 10.3. The Hall–Kier alpha value is -4.27. The second-order valence-electron chi connectivity index (χ2n) is 9.92. The fourth-order valence-electron chi connectivity index (χ4n) is 6.32. The number of amides is 2. The zero-order valence-corrected chi connectivity index (χ0v) is 20.5. The number of benzene rings is 2. The van der Waals surface area contributed by atoms with Crippen molar-refractivity contribution in [3.8, 4) is 5.88 Å². The number of rotatable bonds is 6. The Morgan fingerprint density at radius 1 is 1.21 bits per heavy atom. The van der Waals surface area contributed by atoms with Crippen molar-refractivity contribution in [1.29, 1.82) is 0 Å². The number of carbonyl (C=O) groups is 3. The standard InChI is InChI=1S/C27H23N3O8/c1-26-19(31)12-27(38-26,10-11-36-22-16(13-37-29-22)25(34)35-3)21-20(26)23(32)30(24(21)33)18-9-8-17(28-2)14-6-4-5-7-15(14)18/h4-9,13,19-21,31H,10-12H2,1,3H3/t19-,20-,21+,26?,27?/m1/s1. The minimum absolute atomic E-state index is 0.0135. The molecular formula is C27H23N3O8. The van der Waals surface area contributed by atoms with Gasteiger partial charge in [0, 0.05) is 12.8 Å². The summed E-state index contributed by atoms with van der Waals surface area (Å²) in [6.07, 6.45) is 0.428. The normalized spacial score (nSPS) is 29.5. The Labute approximate surface area is 216 Å². The number of aliphatic hydroxyl groups excluding tert-OH is 1. The monoisotopic (exact) mass is 517 g/mol. The van der Waals surface area contributed by atoms with Gasteiger partial charge in [-0.25, -0.2) is 14.5 Å². The van der Waals surface area contributed by atoms with E-state index in [0.29, 0.717) is 22.1 Å². The molecule has 6 rings (SSSR count). The average Bonchev–Trinajstić information content (AvgIpc) is 3.62. The van der Waals surface area contributed by atoms with Gasteiger partial charge in [-0.1, -0.05) is 30.3 Å². The minimum Gasteiger partial charge on any atom is -0.475 e. The zero-order valence-electron chi connectivity index (χ0n) is 20.5. The molecule has 1 aromatic heterocycles. The number of esters is 1. The molecular weight excluding hydrogens is 494 g/mol. The van der Waals surface area contributed by atoms with Gasteiger partial charge in [-0.2, -0.15) is 0 Å². The molecule has 0 saturated carbocycles. The molecule has 194 valence electrons. The summed E-state index contributed by atoms with van der Waals surface area (Å²) in [5, 5.41) is 15.9. The highest BCUT2D eigenvalue weighted by atomic mass is 16.6. The highest BCUT2D eigenvalue weighted by Gasteiger charge is 2.77. The molecule has 11 heteroatoms. The van der Waals surface area contributed by atoms with Crippen LogP contribution in [0.25, 0.3) is 15.6 Å². The highest BCUT2D eigenvalue weighted by Crippen LogP contribution is 2.62. The number of hydrogen-bond donors (Lipinski definition) is 1. The number of methoxy groups -OCH3 is 1. The number of aliphatic hydroxyl groups is 1. The molecule has 38 heavy (non-hydrogen) atoms. The summed E-state index contributed by atoms with van der Waals surface area (Å²) in [4.78, 5) is 44.4. The van der Waals surface area contributed by atoms with E-state index in [9.17, 15) is 19.5 Å². The second-order valence-corrected chi connectivity index (χ2v) is 9.92. The molecule has 2 bridgehead atoms. The quantitative estimate of drug-likeness (QED) is 0.298. The number of anilines is 1. The molecule has 4 heterocycles. The van der Waals surface area contributed by atoms with E-state index in [2.05, 4.69) is 10.0 Å². The lowest BCUT2D eigenvalue weighted by molar-refractivity contribution is -0.134. The van der Waals surface area contributed by atoms with Crippen molar-refractivity contribution in [2.24, 2.45) is 11.8 Å². The maximum absolute atomic E-state index is 14.0. The van der Waals surface area contributed by atoms with Gasteiger partial charge in [0.05, 0.1) is 49.5 Å².